The van der Waals surface area contributed by atoms with Crippen molar-refractivity contribution in [1.29, 1.82) is 0 Å². The molecule has 6 heteroatoms. The zero-order valence-electron chi connectivity index (χ0n) is 54.6. The van der Waals surface area contributed by atoms with Gasteiger partial charge in [-0.25, -0.2) is 0 Å². The normalized spacial score (nSPS) is 12.5. The maximum atomic E-state index is 12.5. The van der Waals surface area contributed by atoms with Gasteiger partial charge < -0.3 is 20.3 Å². The highest BCUT2D eigenvalue weighted by atomic mass is 16.5. The number of hydrogen-bond donors (Lipinski definition) is 3. The summed E-state index contributed by atoms with van der Waals surface area (Å²) in [4.78, 5) is 24.5. The van der Waals surface area contributed by atoms with Crippen LogP contribution in [0.4, 0.5) is 0 Å². The minimum Gasteiger partial charge on any atom is -0.466 e. The van der Waals surface area contributed by atoms with Crippen molar-refractivity contribution in [3.8, 4) is 0 Å². The van der Waals surface area contributed by atoms with Crippen molar-refractivity contribution >= 4 is 11.9 Å². The molecule has 0 saturated carbocycles. The second kappa shape index (κ2) is 70.1. The van der Waals surface area contributed by atoms with Crippen LogP contribution in [0.1, 0.15) is 425 Å². The molecule has 0 saturated heterocycles. The number of aliphatic hydroxyl groups is 2. The second-order valence-electron chi connectivity index (χ2n) is 25.6. The molecule has 0 spiro atoms. The van der Waals surface area contributed by atoms with Gasteiger partial charge in [0.15, 0.2) is 0 Å². The summed E-state index contributed by atoms with van der Waals surface area (Å²) in [6.45, 7) is 4.96. The first-order valence-electron chi connectivity index (χ1n) is 36.9. The van der Waals surface area contributed by atoms with E-state index >= 15 is 0 Å². The molecule has 0 heterocycles. The first-order valence-corrected chi connectivity index (χ1v) is 36.9. The summed E-state index contributed by atoms with van der Waals surface area (Å²) in [7, 11) is 0. The topological polar surface area (TPSA) is 95.9 Å². The standard InChI is InChI=1S/C74H145NO5/c1-3-5-7-9-11-13-15-16-45-48-52-56-60-64-68-74(79)80-69-65-61-57-53-49-46-43-41-39-37-35-33-31-29-27-25-23-21-19-17-18-20-22-24-26-28-30-32-34-36-38-40-42-44-47-51-55-59-63-67-73(78)75-71(70-76)72(77)66-62-58-54-50-14-12-10-8-6-4-2/h15-16,71-72,76-77H,3-14,17-70H2,1-2H3,(H,75,78)/b16-15-. The monoisotopic (exact) mass is 1130 g/mol. The van der Waals surface area contributed by atoms with E-state index in [1.807, 2.05) is 0 Å². The SMILES string of the molecule is CCCCCCC/C=C\CCCCCCCC(=O)OCCCCCCCCCCCCCCCCCCCCCCCCCCCCCCCCCCCCCCCCCC(=O)NC(CO)C(O)CCCCCCCCCCCC. The van der Waals surface area contributed by atoms with Crippen LogP contribution in [-0.2, 0) is 14.3 Å². The predicted molar refractivity (Wildman–Crippen MR) is 352 cm³/mol. The van der Waals surface area contributed by atoms with Crippen molar-refractivity contribution in [2.24, 2.45) is 0 Å². The lowest BCUT2D eigenvalue weighted by atomic mass is 10.0. The molecule has 2 atom stereocenters. The Bertz CT molecular complexity index is 1210. The number of allylic oxidation sites excluding steroid dienone is 2. The van der Waals surface area contributed by atoms with Crippen LogP contribution in [0, 0.1) is 0 Å². The Hall–Kier alpha value is -1.40. The zero-order valence-corrected chi connectivity index (χ0v) is 54.6. The molecule has 1 amide bonds. The van der Waals surface area contributed by atoms with E-state index in [0.717, 1.165) is 44.9 Å². The largest absolute Gasteiger partial charge is 0.466 e. The van der Waals surface area contributed by atoms with Crippen molar-refractivity contribution in [1.82, 2.24) is 5.32 Å². The van der Waals surface area contributed by atoms with Gasteiger partial charge in [0.05, 0.1) is 25.4 Å². The summed E-state index contributed by atoms with van der Waals surface area (Å²) >= 11 is 0. The van der Waals surface area contributed by atoms with E-state index < -0.39 is 12.1 Å². The molecule has 0 bridgehead atoms. The molecule has 0 aliphatic rings. The molecule has 0 aromatic heterocycles. The van der Waals surface area contributed by atoms with Crippen LogP contribution in [0.15, 0.2) is 12.2 Å². The summed E-state index contributed by atoms with van der Waals surface area (Å²) in [6.07, 6.45) is 87.4. The molecule has 0 aromatic carbocycles. The Morgan fingerprint density at radius 2 is 0.588 bits per heavy atom. The van der Waals surface area contributed by atoms with Crippen LogP contribution in [0.25, 0.3) is 0 Å². The first-order chi connectivity index (χ1) is 39.5. The molecule has 2 unspecified atom stereocenters. The average Bonchev–Trinajstić information content (AvgIpc) is 3.46. The third-order valence-electron chi connectivity index (χ3n) is 17.6. The number of carbonyl (C=O) groups excluding carboxylic acids is 2. The molecule has 80 heavy (non-hydrogen) atoms. The highest BCUT2D eigenvalue weighted by molar-refractivity contribution is 5.76. The van der Waals surface area contributed by atoms with E-state index in [4.69, 9.17) is 4.74 Å². The summed E-state index contributed by atoms with van der Waals surface area (Å²) in [5, 5.41) is 23.2. The average molecular weight is 1130 g/mol. The van der Waals surface area contributed by atoms with E-state index in [0.29, 0.717) is 25.9 Å². The number of hydrogen-bond acceptors (Lipinski definition) is 5. The van der Waals surface area contributed by atoms with Gasteiger partial charge in [-0.3, -0.25) is 9.59 Å². The molecular formula is C74H145NO5. The smallest absolute Gasteiger partial charge is 0.305 e. The summed E-state index contributed by atoms with van der Waals surface area (Å²) < 4.78 is 5.49. The van der Waals surface area contributed by atoms with Gasteiger partial charge in [0, 0.05) is 12.8 Å². The molecule has 0 aromatic rings. The lowest BCUT2D eigenvalue weighted by molar-refractivity contribution is -0.143. The minimum atomic E-state index is -0.657. The molecule has 6 nitrogen and oxygen atoms in total. The number of rotatable bonds is 70. The molecular weight excluding hydrogens is 983 g/mol. The summed E-state index contributed by atoms with van der Waals surface area (Å²) in [5.74, 6) is -0.0119. The maximum Gasteiger partial charge on any atom is 0.305 e. The van der Waals surface area contributed by atoms with Crippen molar-refractivity contribution in [3.63, 3.8) is 0 Å². The maximum absolute atomic E-state index is 12.5. The highest BCUT2D eigenvalue weighted by Crippen LogP contribution is 2.20. The fourth-order valence-electron chi connectivity index (χ4n) is 11.9. The van der Waals surface area contributed by atoms with Gasteiger partial charge in [0.1, 0.15) is 0 Å². The molecule has 476 valence electrons. The van der Waals surface area contributed by atoms with E-state index in [-0.39, 0.29) is 18.5 Å². The van der Waals surface area contributed by atoms with Crippen molar-refractivity contribution in [2.45, 2.75) is 437 Å². The van der Waals surface area contributed by atoms with E-state index in [2.05, 4.69) is 31.3 Å². The number of amides is 1. The van der Waals surface area contributed by atoms with Crippen LogP contribution in [0.3, 0.4) is 0 Å². The van der Waals surface area contributed by atoms with E-state index in [1.165, 1.54) is 347 Å². The molecule has 0 rings (SSSR count). The third kappa shape index (κ3) is 65.7. The molecule has 0 aliphatic carbocycles. The quantitative estimate of drug-likeness (QED) is 0.0320. The van der Waals surface area contributed by atoms with Crippen molar-refractivity contribution < 1.29 is 24.5 Å². The predicted octanol–water partition coefficient (Wildman–Crippen LogP) is 23.9. The number of carbonyl (C=O) groups is 2. The van der Waals surface area contributed by atoms with Gasteiger partial charge in [-0.05, 0) is 51.4 Å². The van der Waals surface area contributed by atoms with Crippen molar-refractivity contribution in [3.05, 3.63) is 12.2 Å². The molecule has 3 N–H and O–H groups in total. The minimum absolute atomic E-state index is 0.0162. The number of aliphatic hydroxyl groups excluding tert-OH is 2. The molecule has 0 aliphatic heterocycles. The second-order valence-corrected chi connectivity index (χ2v) is 25.6. The van der Waals surface area contributed by atoms with E-state index in [9.17, 15) is 19.8 Å². The Kier molecular flexibility index (Phi) is 68.9. The van der Waals surface area contributed by atoms with Crippen LogP contribution in [-0.4, -0.2) is 47.4 Å². The Balaban J connectivity index is 3.26. The van der Waals surface area contributed by atoms with Crippen LogP contribution in [0.2, 0.25) is 0 Å². The summed E-state index contributed by atoms with van der Waals surface area (Å²) in [5.41, 5.74) is 0. The fraction of sp³-hybridized carbons (Fsp3) is 0.946. The Morgan fingerprint density at radius 3 is 0.887 bits per heavy atom. The lowest BCUT2D eigenvalue weighted by Crippen LogP contribution is -2.45. The van der Waals surface area contributed by atoms with Crippen LogP contribution in [0.5, 0.6) is 0 Å². The van der Waals surface area contributed by atoms with Gasteiger partial charge in [-0.15, -0.1) is 0 Å². The zero-order chi connectivity index (χ0) is 57.8. The highest BCUT2D eigenvalue weighted by Gasteiger charge is 2.20. The number of unbranched alkanes of at least 4 members (excludes halogenated alkanes) is 57. The Morgan fingerprint density at radius 1 is 0.338 bits per heavy atom. The summed E-state index contributed by atoms with van der Waals surface area (Å²) in [6, 6.07) is -0.534. The lowest BCUT2D eigenvalue weighted by Gasteiger charge is -2.22. The molecule has 0 fully saturated rings. The van der Waals surface area contributed by atoms with Gasteiger partial charge in [0.25, 0.3) is 0 Å². The fourth-order valence-corrected chi connectivity index (χ4v) is 11.9. The van der Waals surface area contributed by atoms with E-state index in [1.54, 1.807) is 0 Å². The third-order valence-corrected chi connectivity index (χ3v) is 17.6. The van der Waals surface area contributed by atoms with Gasteiger partial charge in [0.2, 0.25) is 5.91 Å². The van der Waals surface area contributed by atoms with Gasteiger partial charge in [-0.1, -0.05) is 373 Å². The molecule has 0 radical (unpaired) electrons. The number of esters is 1. The van der Waals surface area contributed by atoms with Crippen LogP contribution < -0.4 is 5.32 Å². The van der Waals surface area contributed by atoms with Gasteiger partial charge in [-0.2, -0.15) is 0 Å². The Labute approximate surface area is 501 Å². The van der Waals surface area contributed by atoms with Crippen molar-refractivity contribution in [2.75, 3.05) is 13.2 Å². The van der Waals surface area contributed by atoms with Gasteiger partial charge >= 0.3 is 5.97 Å². The number of ether oxygens (including phenoxy) is 1. The first kappa shape index (κ1) is 78.6. The van der Waals surface area contributed by atoms with Crippen LogP contribution >= 0.6 is 0 Å². The number of nitrogens with one attached hydrogen (secondary N) is 1.